The Balaban J connectivity index is 1.40. The molecule has 1 atom stereocenters. The third-order valence-corrected chi connectivity index (χ3v) is 7.11. The van der Waals surface area contributed by atoms with Crippen molar-refractivity contribution in [2.45, 2.75) is 37.8 Å². The zero-order chi connectivity index (χ0) is 23.9. The Morgan fingerprint density at radius 1 is 0.943 bits per heavy atom. The Morgan fingerprint density at radius 3 is 2.66 bits per heavy atom. The first kappa shape index (κ1) is 22.0. The van der Waals surface area contributed by atoms with Crippen molar-refractivity contribution in [3.8, 4) is 11.1 Å². The number of benzene rings is 1. The van der Waals surface area contributed by atoms with E-state index >= 15 is 4.39 Å². The number of piperidine rings is 1. The lowest BCUT2D eigenvalue weighted by molar-refractivity contribution is 0.304. The number of halogens is 3. The van der Waals surface area contributed by atoms with Gasteiger partial charge in [-0.15, -0.1) is 0 Å². The normalized spacial score (nSPS) is 19.1. The van der Waals surface area contributed by atoms with Crippen LogP contribution in [0.2, 0.25) is 0 Å². The first-order chi connectivity index (χ1) is 17.1. The minimum Gasteiger partial charge on any atom is -0.349 e. The predicted octanol–water partition coefficient (Wildman–Crippen LogP) is 5.18. The van der Waals surface area contributed by atoms with Gasteiger partial charge in [-0.3, -0.25) is 4.98 Å². The monoisotopic (exact) mass is 478 g/mol. The van der Waals surface area contributed by atoms with Gasteiger partial charge in [0.25, 0.3) is 0 Å². The van der Waals surface area contributed by atoms with E-state index in [1.165, 1.54) is 16.8 Å². The Labute approximate surface area is 200 Å². The highest BCUT2D eigenvalue weighted by atomic mass is 19.1. The van der Waals surface area contributed by atoms with E-state index in [2.05, 4.69) is 15.4 Å². The Kier molecular flexibility index (Phi) is 5.64. The van der Waals surface area contributed by atoms with Gasteiger partial charge in [0.05, 0.1) is 34.9 Å². The van der Waals surface area contributed by atoms with E-state index in [9.17, 15) is 8.78 Å². The average Bonchev–Trinajstić information content (AvgIpc) is 3.52. The Hall–Kier alpha value is -3.46. The molecule has 1 N–H and O–H groups in total. The number of hydrogen-bond acceptors (Lipinski definition) is 5. The van der Waals surface area contributed by atoms with E-state index < -0.39 is 11.6 Å². The molecule has 1 aromatic carbocycles. The molecule has 35 heavy (non-hydrogen) atoms. The standard InChI is InChI=1S/C26H25F3N6/c27-16-3-4-21(28)19(14-16)23-2-1-13-34(23)24-6-5-22-25(33-24)18(9-12-31-22)20-15-32-35(26(20)29)17-7-10-30-11-8-17/h3-6,9,12,14-15,17,23,30H,1-2,7-8,10-11,13H2/t23-/m1/s1. The summed E-state index contributed by atoms with van der Waals surface area (Å²) in [4.78, 5) is 11.3. The SMILES string of the molecule is Fc1ccc(F)c([C@H]2CCCN2c2ccc3nccc(-c4cnn(C5CCNCC5)c4F)c3n2)c1. The third-order valence-electron chi connectivity index (χ3n) is 7.11. The van der Waals surface area contributed by atoms with Crippen LogP contribution >= 0.6 is 0 Å². The molecule has 0 spiro atoms. The molecule has 3 aromatic heterocycles. The fraction of sp³-hybridized carbons (Fsp3) is 0.346. The number of nitrogens with one attached hydrogen (secondary N) is 1. The first-order valence-electron chi connectivity index (χ1n) is 12.0. The van der Waals surface area contributed by atoms with Crippen LogP contribution in [0.25, 0.3) is 22.2 Å². The van der Waals surface area contributed by atoms with E-state index in [4.69, 9.17) is 4.98 Å². The topological polar surface area (TPSA) is 58.9 Å². The van der Waals surface area contributed by atoms with Crippen molar-refractivity contribution in [2.75, 3.05) is 24.5 Å². The van der Waals surface area contributed by atoms with Crippen LogP contribution < -0.4 is 10.2 Å². The molecule has 0 aliphatic carbocycles. The fourth-order valence-corrected chi connectivity index (χ4v) is 5.36. The summed E-state index contributed by atoms with van der Waals surface area (Å²) >= 11 is 0. The maximum Gasteiger partial charge on any atom is 0.219 e. The van der Waals surface area contributed by atoms with E-state index in [1.54, 1.807) is 18.5 Å². The maximum atomic E-state index is 15.5. The van der Waals surface area contributed by atoms with Crippen LogP contribution in [0, 0.1) is 17.6 Å². The second kappa shape index (κ2) is 8.96. The molecule has 5 heterocycles. The van der Waals surface area contributed by atoms with Gasteiger partial charge in [0, 0.05) is 23.9 Å². The summed E-state index contributed by atoms with van der Waals surface area (Å²) < 4.78 is 45.5. The molecule has 0 unspecified atom stereocenters. The summed E-state index contributed by atoms with van der Waals surface area (Å²) in [5.74, 6) is -0.646. The number of pyridine rings is 2. The van der Waals surface area contributed by atoms with Gasteiger partial charge in [0.2, 0.25) is 5.95 Å². The van der Waals surface area contributed by atoms with Gasteiger partial charge in [-0.2, -0.15) is 9.49 Å². The van der Waals surface area contributed by atoms with E-state index in [-0.39, 0.29) is 18.0 Å². The lowest BCUT2D eigenvalue weighted by Crippen LogP contribution is -2.30. The molecule has 0 bridgehead atoms. The molecule has 0 amide bonds. The van der Waals surface area contributed by atoms with Gasteiger partial charge < -0.3 is 10.2 Å². The number of anilines is 1. The molecular formula is C26H25F3N6. The van der Waals surface area contributed by atoms with Gasteiger partial charge in [-0.25, -0.2) is 18.4 Å². The highest BCUT2D eigenvalue weighted by Gasteiger charge is 2.30. The minimum atomic E-state index is -0.465. The summed E-state index contributed by atoms with van der Waals surface area (Å²) in [5.41, 5.74) is 2.51. The van der Waals surface area contributed by atoms with Crippen LogP contribution in [0.3, 0.4) is 0 Å². The highest BCUT2D eigenvalue weighted by molar-refractivity contribution is 5.92. The molecule has 0 radical (unpaired) electrons. The number of rotatable bonds is 4. The Bertz CT molecular complexity index is 1380. The molecule has 2 aliphatic heterocycles. The largest absolute Gasteiger partial charge is 0.349 e. The number of hydrogen-bond donors (Lipinski definition) is 1. The number of aromatic nitrogens is 4. The molecule has 6 nitrogen and oxygen atoms in total. The van der Waals surface area contributed by atoms with E-state index in [0.29, 0.717) is 46.5 Å². The predicted molar refractivity (Wildman–Crippen MR) is 128 cm³/mol. The van der Waals surface area contributed by atoms with Crippen molar-refractivity contribution in [2.24, 2.45) is 0 Å². The van der Waals surface area contributed by atoms with Crippen molar-refractivity contribution in [3.63, 3.8) is 0 Å². The van der Waals surface area contributed by atoms with Gasteiger partial charge >= 0.3 is 0 Å². The lowest BCUT2D eigenvalue weighted by atomic mass is 10.0. The summed E-state index contributed by atoms with van der Waals surface area (Å²) in [7, 11) is 0. The zero-order valence-corrected chi connectivity index (χ0v) is 19.1. The second-order valence-corrected chi connectivity index (χ2v) is 9.19. The average molecular weight is 479 g/mol. The summed E-state index contributed by atoms with van der Waals surface area (Å²) in [6, 6.07) is 8.68. The molecule has 180 valence electrons. The lowest BCUT2D eigenvalue weighted by Gasteiger charge is -2.27. The van der Waals surface area contributed by atoms with Crippen LogP contribution in [0.15, 0.2) is 48.8 Å². The van der Waals surface area contributed by atoms with Crippen molar-refractivity contribution in [1.29, 1.82) is 0 Å². The van der Waals surface area contributed by atoms with Crippen LogP contribution in [0.5, 0.6) is 0 Å². The molecule has 6 rings (SSSR count). The zero-order valence-electron chi connectivity index (χ0n) is 19.1. The Morgan fingerprint density at radius 2 is 1.80 bits per heavy atom. The second-order valence-electron chi connectivity index (χ2n) is 9.19. The number of fused-ring (bicyclic) bond motifs is 1. The molecular weight excluding hydrogens is 453 g/mol. The molecule has 9 heteroatoms. The summed E-state index contributed by atoms with van der Waals surface area (Å²) in [5, 5.41) is 7.66. The molecule has 2 fully saturated rings. The first-order valence-corrected chi connectivity index (χ1v) is 12.0. The van der Waals surface area contributed by atoms with Crippen molar-refractivity contribution in [1.82, 2.24) is 25.1 Å². The molecule has 4 aromatic rings. The maximum absolute atomic E-state index is 15.5. The van der Waals surface area contributed by atoms with Gasteiger partial charge in [-0.05, 0) is 75.2 Å². The quantitative estimate of drug-likeness (QED) is 0.438. The smallest absolute Gasteiger partial charge is 0.219 e. The third kappa shape index (κ3) is 3.93. The van der Waals surface area contributed by atoms with Crippen LogP contribution in [0.1, 0.15) is 43.3 Å². The van der Waals surface area contributed by atoms with E-state index in [1.807, 2.05) is 17.0 Å². The van der Waals surface area contributed by atoms with Crippen LogP contribution in [-0.4, -0.2) is 39.4 Å². The van der Waals surface area contributed by atoms with Gasteiger partial charge in [0.15, 0.2) is 0 Å². The van der Waals surface area contributed by atoms with Crippen LogP contribution in [0.4, 0.5) is 19.0 Å². The summed E-state index contributed by atoms with van der Waals surface area (Å²) in [6.45, 7) is 2.34. The van der Waals surface area contributed by atoms with E-state index in [0.717, 1.165) is 38.4 Å². The molecule has 2 saturated heterocycles. The van der Waals surface area contributed by atoms with Crippen molar-refractivity contribution < 1.29 is 13.2 Å². The van der Waals surface area contributed by atoms with Gasteiger partial charge in [-0.1, -0.05) is 0 Å². The highest BCUT2D eigenvalue weighted by Crippen LogP contribution is 2.38. The fourth-order valence-electron chi connectivity index (χ4n) is 5.36. The van der Waals surface area contributed by atoms with Crippen LogP contribution in [-0.2, 0) is 0 Å². The van der Waals surface area contributed by atoms with Gasteiger partial charge in [0.1, 0.15) is 17.5 Å². The minimum absolute atomic E-state index is 0.0214. The summed E-state index contributed by atoms with van der Waals surface area (Å²) in [6.07, 6.45) is 6.37. The number of nitrogens with zero attached hydrogens (tertiary/aromatic N) is 5. The van der Waals surface area contributed by atoms with Crippen molar-refractivity contribution >= 4 is 16.9 Å². The van der Waals surface area contributed by atoms with Crippen molar-refractivity contribution in [3.05, 3.63) is 71.9 Å². The molecule has 0 saturated carbocycles. The molecule has 2 aliphatic rings.